The molecule has 0 heterocycles. The minimum absolute atomic E-state index is 0.729. The van der Waals surface area contributed by atoms with Crippen LogP contribution in [0.25, 0.3) is 0 Å². The van der Waals surface area contributed by atoms with Crippen molar-refractivity contribution in [2.45, 2.75) is 116 Å². The number of hydrogen-bond acceptors (Lipinski definition) is 4. The Morgan fingerprint density at radius 1 is 0.536 bits per heavy atom. The van der Waals surface area contributed by atoms with Crippen molar-refractivity contribution >= 4 is 28.8 Å². The minimum Gasteiger partial charge on any atom is -0.501 e. The van der Waals surface area contributed by atoms with Gasteiger partial charge in [-0.05, 0) is 36.3 Å². The maximum absolute atomic E-state index is 12.3. The Bertz CT molecular complexity index is 411. The number of carbonyl (C=O) groups excluding carboxylic acids is 2. The Hall–Kier alpha value is -1.03. The van der Waals surface area contributed by atoms with Gasteiger partial charge < -0.3 is 8.85 Å². The highest BCUT2D eigenvalue weighted by Crippen LogP contribution is 2.29. The largest absolute Gasteiger partial charge is 0.501 e. The smallest absolute Gasteiger partial charge is 0.439 e. The monoisotopic (exact) mass is 430 g/mol. The zero-order valence-electron chi connectivity index (χ0n) is 19.0. The first kappa shape index (κ1) is 27.0. The van der Waals surface area contributed by atoms with Gasteiger partial charge in [0.15, 0.2) is 0 Å². The zero-order chi connectivity index (χ0) is 21.5. The van der Waals surface area contributed by atoms with Crippen molar-refractivity contribution in [1.82, 2.24) is 0 Å². The van der Waals surface area contributed by atoms with E-state index in [2.05, 4.69) is 51.8 Å². The van der Waals surface area contributed by atoms with Crippen LogP contribution >= 0.6 is 0 Å². The van der Waals surface area contributed by atoms with Crippen LogP contribution in [-0.4, -0.2) is 28.8 Å². The van der Waals surface area contributed by atoms with Crippen molar-refractivity contribution < 1.29 is 18.4 Å². The molecule has 0 aliphatic heterocycles. The Balaban J connectivity index is 5.11. The molecule has 0 aromatic rings. The molecular formula is C20H42N2O4Si2. The van der Waals surface area contributed by atoms with Gasteiger partial charge in [0.25, 0.3) is 16.6 Å². The van der Waals surface area contributed by atoms with Gasteiger partial charge in [0.05, 0.1) is 0 Å². The molecule has 0 rings (SSSR count). The fourth-order valence-corrected chi connectivity index (χ4v) is 12.7. The highest BCUT2D eigenvalue weighted by Gasteiger charge is 2.37. The van der Waals surface area contributed by atoms with E-state index in [-0.39, 0.29) is 0 Å². The molecule has 0 saturated carbocycles. The summed E-state index contributed by atoms with van der Waals surface area (Å²) in [5.74, 6) is 0. The van der Waals surface area contributed by atoms with Crippen LogP contribution in [0.3, 0.4) is 0 Å². The number of hydrogen-bond donors (Lipinski definition) is 0. The Morgan fingerprint density at radius 3 is 0.929 bits per heavy atom. The molecule has 0 saturated heterocycles. The number of nitrogens with zero attached hydrogens (tertiary/aromatic N) is 2. The number of azo groups is 1. The van der Waals surface area contributed by atoms with Crippen molar-refractivity contribution in [3.63, 3.8) is 0 Å². The Morgan fingerprint density at radius 2 is 0.750 bits per heavy atom. The van der Waals surface area contributed by atoms with Crippen molar-refractivity contribution in [2.24, 2.45) is 10.2 Å². The van der Waals surface area contributed by atoms with Crippen molar-refractivity contribution in [1.29, 1.82) is 0 Å². The molecule has 0 unspecified atom stereocenters. The van der Waals surface area contributed by atoms with E-state index in [1.807, 2.05) is 0 Å². The van der Waals surface area contributed by atoms with Gasteiger partial charge in [0.1, 0.15) is 0 Å². The normalized spacial score (nSPS) is 12.4. The fourth-order valence-electron chi connectivity index (χ4n) is 4.28. The summed E-state index contributed by atoms with van der Waals surface area (Å²) in [5.41, 5.74) is 0. The highest BCUT2D eigenvalue weighted by atomic mass is 28.4. The van der Waals surface area contributed by atoms with E-state index in [0.717, 1.165) is 74.8 Å². The Kier molecular flexibility index (Phi) is 14.4. The van der Waals surface area contributed by atoms with E-state index >= 15 is 0 Å². The fraction of sp³-hybridized carbons (Fsp3) is 0.900. The number of amides is 2. The van der Waals surface area contributed by atoms with E-state index in [0.29, 0.717) is 0 Å². The van der Waals surface area contributed by atoms with E-state index in [9.17, 15) is 9.59 Å². The van der Waals surface area contributed by atoms with Crippen LogP contribution in [0.4, 0.5) is 9.59 Å². The number of carbonyl (C=O) groups is 2. The molecule has 164 valence electrons. The van der Waals surface area contributed by atoms with Crippen LogP contribution in [0.2, 0.25) is 36.3 Å². The van der Waals surface area contributed by atoms with E-state index < -0.39 is 28.8 Å². The summed E-state index contributed by atoms with van der Waals surface area (Å²) < 4.78 is 11.7. The molecule has 0 N–H and O–H groups in total. The molecule has 0 spiro atoms. The lowest BCUT2D eigenvalue weighted by molar-refractivity contribution is 0.196. The third-order valence-corrected chi connectivity index (χ3v) is 14.7. The van der Waals surface area contributed by atoms with E-state index in [1.54, 1.807) is 0 Å². The van der Waals surface area contributed by atoms with Crippen LogP contribution in [0.15, 0.2) is 10.2 Å². The van der Waals surface area contributed by atoms with Crippen LogP contribution < -0.4 is 0 Å². The van der Waals surface area contributed by atoms with Gasteiger partial charge in [-0.3, -0.25) is 0 Å². The van der Waals surface area contributed by atoms with Gasteiger partial charge in [-0.15, -0.1) is 0 Å². The van der Waals surface area contributed by atoms with Crippen molar-refractivity contribution in [3.8, 4) is 0 Å². The van der Waals surface area contributed by atoms with Gasteiger partial charge in [-0.25, -0.2) is 9.59 Å². The summed E-state index contributed by atoms with van der Waals surface area (Å²) in [5, 5.41) is 7.13. The molecule has 0 bridgehead atoms. The summed E-state index contributed by atoms with van der Waals surface area (Å²) >= 11 is 0. The molecule has 0 aliphatic rings. The van der Waals surface area contributed by atoms with Gasteiger partial charge in [-0.1, -0.05) is 90.3 Å². The first-order valence-electron chi connectivity index (χ1n) is 11.2. The molecule has 8 heteroatoms. The average Bonchev–Trinajstić information content (AvgIpc) is 2.61. The summed E-state index contributed by atoms with van der Waals surface area (Å²) in [6.45, 7) is 12.7. The average molecular weight is 431 g/mol. The van der Waals surface area contributed by atoms with Crippen LogP contribution in [0, 0.1) is 0 Å². The summed E-state index contributed by atoms with van der Waals surface area (Å²) in [7, 11) is -4.32. The topological polar surface area (TPSA) is 77.3 Å². The molecule has 6 nitrogen and oxygen atoms in total. The first-order valence-corrected chi connectivity index (χ1v) is 16.3. The molecule has 0 radical (unpaired) electrons. The molecule has 0 aromatic heterocycles. The standard InChI is InChI=1S/C20H42N2O4Si2/c1-7-13-27(14-8-2,15-9-3)25-19(23)21-22-20(24)26-28(16-10-4,17-11-5)18-12-6/h7-18H2,1-6H3/b22-21+. The van der Waals surface area contributed by atoms with Crippen LogP contribution in [0.1, 0.15) is 80.1 Å². The highest BCUT2D eigenvalue weighted by molar-refractivity contribution is 6.75. The lowest BCUT2D eigenvalue weighted by atomic mass is 10.6. The molecule has 2 amide bonds. The molecule has 0 aromatic carbocycles. The van der Waals surface area contributed by atoms with Crippen LogP contribution in [-0.2, 0) is 8.85 Å². The zero-order valence-corrected chi connectivity index (χ0v) is 21.0. The maximum Gasteiger partial charge on any atom is 0.439 e. The minimum atomic E-state index is -2.16. The molecular weight excluding hydrogens is 388 g/mol. The van der Waals surface area contributed by atoms with Crippen LogP contribution in [0.5, 0.6) is 0 Å². The quantitative estimate of drug-likeness (QED) is 0.206. The van der Waals surface area contributed by atoms with Gasteiger partial charge in [0.2, 0.25) is 0 Å². The first-order chi connectivity index (χ1) is 13.4. The predicted molar refractivity (Wildman–Crippen MR) is 120 cm³/mol. The van der Waals surface area contributed by atoms with Crippen molar-refractivity contribution in [2.75, 3.05) is 0 Å². The Labute approximate surface area is 174 Å². The lowest BCUT2D eigenvalue weighted by Gasteiger charge is -2.29. The second-order valence-corrected chi connectivity index (χ2v) is 15.9. The number of rotatable bonds is 14. The third-order valence-electron chi connectivity index (χ3n) is 5.05. The summed E-state index contributed by atoms with van der Waals surface area (Å²) in [6, 6.07) is 5.58. The predicted octanol–water partition coefficient (Wildman–Crippen LogP) is 8.06. The molecule has 0 aliphatic carbocycles. The van der Waals surface area contributed by atoms with Gasteiger partial charge >= 0.3 is 12.2 Å². The lowest BCUT2D eigenvalue weighted by Crippen LogP contribution is -2.40. The summed E-state index contributed by atoms with van der Waals surface area (Å²) in [4.78, 5) is 24.6. The molecule has 0 fully saturated rings. The SMILES string of the molecule is CCC[Si](CCC)(CCC)OC(=O)/N=N/C(=O)O[Si](CCC)(CCC)CCC. The van der Waals surface area contributed by atoms with Gasteiger partial charge in [0, 0.05) is 0 Å². The van der Waals surface area contributed by atoms with Crippen molar-refractivity contribution in [3.05, 3.63) is 0 Å². The second-order valence-electron chi connectivity index (χ2n) is 7.80. The summed E-state index contributed by atoms with van der Waals surface area (Å²) in [6.07, 6.45) is 4.45. The second kappa shape index (κ2) is 14.9. The van der Waals surface area contributed by atoms with E-state index in [4.69, 9.17) is 8.85 Å². The van der Waals surface area contributed by atoms with Gasteiger partial charge in [-0.2, -0.15) is 0 Å². The van der Waals surface area contributed by atoms with E-state index in [1.165, 1.54) is 0 Å². The molecule has 28 heavy (non-hydrogen) atoms. The molecule has 0 atom stereocenters. The third kappa shape index (κ3) is 9.95. The maximum atomic E-state index is 12.3.